The van der Waals surface area contributed by atoms with E-state index in [2.05, 4.69) is 10.9 Å². The number of ether oxygens (including phenoxy) is 1. The van der Waals surface area contributed by atoms with Gasteiger partial charge in [-0.2, -0.15) is 4.99 Å². The molecule has 0 bridgehead atoms. The van der Waals surface area contributed by atoms with Crippen molar-refractivity contribution in [1.82, 2.24) is 4.57 Å². The Hall–Kier alpha value is -3.22. The van der Waals surface area contributed by atoms with Gasteiger partial charge in [-0.3, -0.25) is 4.79 Å². The molecule has 0 fully saturated rings. The molecule has 2 aromatic carbocycles. The molecule has 0 saturated heterocycles. The number of aromatic nitrogens is 1. The van der Waals surface area contributed by atoms with Gasteiger partial charge in [0.05, 0.1) is 39.1 Å². The SMILES string of the molecule is C#CCn1c(=NC(=O)c2ccc(S(=O)(=O)C(C)C)cc2)sc2cc(C(=O)OCC)ccc21. The van der Waals surface area contributed by atoms with E-state index in [4.69, 9.17) is 11.2 Å². The van der Waals surface area contributed by atoms with Gasteiger partial charge >= 0.3 is 5.97 Å². The van der Waals surface area contributed by atoms with Crippen LogP contribution in [0.1, 0.15) is 41.5 Å². The van der Waals surface area contributed by atoms with Crippen LogP contribution in [-0.2, 0) is 21.1 Å². The molecule has 0 aliphatic rings. The summed E-state index contributed by atoms with van der Waals surface area (Å²) < 4.78 is 32.0. The highest BCUT2D eigenvalue weighted by atomic mass is 32.2. The van der Waals surface area contributed by atoms with Crippen molar-refractivity contribution in [3.63, 3.8) is 0 Å². The molecular weight excluding hydrogens is 448 g/mol. The summed E-state index contributed by atoms with van der Waals surface area (Å²) in [6.45, 7) is 5.39. The molecule has 0 aliphatic heterocycles. The van der Waals surface area contributed by atoms with E-state index in [-0.39, 0.29) is 23.6 Å². The molecule has 1 aromatic heterocycles. The number of sulfone groups is 1. The van der Waals surface area contributed by atoms with Crippen LogP contribution in [0.2, 0.25) is 0 Å². The van der Waals surface area contributed by atoms with Crippen molar-refractivity contribution >= 4 is 43.3 Å². The molecule has 0 saturated carbocycles. The van der Waals surface area contributed by atoms with Gasteiger partial charge in [0.1, 0.15) is 0 Å². The number of carbonyl (C=O) groups is 2. The van der Waals surface area contributed by atoms with Gasteiger partial charge in [-0.1, -0.05) is 17.3 Å². The monoisotopic (exact) mass is 470 g/mol. The Labute approximate surface area is 190 Å². The lowest BCUT2D eigenvalue weighted by Gasteiger charge is -2.07. The minimum atomic E-state index is -3.43. The summed E-state index contributed by atoms with van der Waals surface area (Å²) >= 11 is 1.22. The number of esters is 1. The van der Waals surface area contributed by atoms with Gasteiger partial charge in [-0.25, -0.2) is 13.2 Å². The maximum Gasteiger partial charge on any atom is 0.338 e. The summed E-state index contributed by atoms with van der Waals surface area (Å²) in [4.78, 5) is 29.5. The number of nitrogens with zero attached hydrogens (tertiary/aromatic N) is 2. The molecule has 1 heterocycles. The van der Waals surface area contributed by atoms with Crippen LogP contribution in [0.25, 0.3) is 10.2 Å². The number of carbonyl (C=O) groups excluding carboxylic acids is 2. The lowest BCUT2D eigenvalue weighted by atomic mass is 10.2. The number of rotatable bonds is 6. The number of hydrogen-bond donors (Lipinski definition) is 0. The number of amides is 1. The number of fused-ring (bicyclic) bond motifs is 1. The lowest BCUT2D eigenvalue weighted by Crippen LogP contribution is -2.17. The third-order valence-corrected chi connectivity index (χ3v) is 7.90. The molecule has 3 aromatic rings. The van der Waals surface area contributed by atoms with Crippen molar-refractivity contribution < 1.29 is 22.7 Å². The summed E-state index contributed by atoms with van der Waals surface area (Å²) in [6.07, 6.45) is 5.50. The molecule has 0 radical (unpaired) electrons. The van der Waals surface area contributed by atoms with Crippen molar-refractivity contribution in [2.75, 3.05) is 6.61 Å². The molecule has 0 atom stereocenters. The van der Waals surface area contributed by atoms with Crippen LogP contribution < -0.4 is 4.80 Å². The van der Waals surface area contributed by atoms with Gasteiger partial charge in [0.25, 0.3) is 5.91 Å². The Morgan fingerprint density at radius 2 is 1.81 bits per heavy atom. The summed E-state index contributed by atoms with van der Waals surface area (Å²) in [5, 5.41) is -0.561. The largest absolute Gasteiger partial charge is 0.462 e. The van der Waals surface area contributed by atoms with Crippen LogP contribution in [-0.4, -0.2) is 36.7 Å². The van der Waals surface area contributed by atoms with Crippen molar-refractivity contribution in [1.29, 1.82) is 0 Å². The van der Waals surface area contributed by atoms with Crippen molar-refractivity contribution in [2.24, 2.45) is 4.99 Å². The van der Waals surface area contributed by atoms with Crippen LogP contribution in [0.3, 0.4) is 0 Å². The molecule has 7 nitrogen and oxygen atoms in total. The Balaban J connectivity index is 2.03. The second-order valence-corrected chi connectivity index (χ2v) is 10.6. The van der Waals surface area contributed by atoms with E-state index in [9.17, 15) is 18.0 Å². The van der Waals surface area contributed by atoms with Crippen molar-refractivity contribution in [2.45, 2.75) is 37.5 Å². The van der Waals surface area contributed by atoms with Crippen LogP contribution in [0.4, 0.5) is 0 Å². The van der Waals surface area contributed by atoms with Gasteiger partial charge in [0, 0.05) is 5.56 Å². The lowest BCUT2D eigenvalue weighted by molar-refractivity contribution is 0.0526. The van der Waals surface area contributed by atoms with Crippen molar-refractivity contribution in [3.8, 4) is 12.3 Å². The van der Waals surface area contributed by atoms with E-state index in [1.54, 1.807) is 43.5 Å². The highest BCUT2D eigenvalue weighted by Gasteiger charge is 2.19. The molecule has 3 rings (SSSR count). The third kappa shape index (κ3) is 4.66. The van der Waals surface area contributed by atoms with E-state index >= 15 is 0 Å². The quantitative estimate of drug-likeness (QED) is 0.406. The van der Waals surface area contributed by atoms with Crippen LogP contribution in [0.15, 0.2) is 52.4 Å². The highest BCUT2D eigenvalue weighted by molar-refractivity contribution is 7.92. The fourth-order valence-corrected chi connectivity index (χ4v) is 5.08. The van der Waals surface area contributed by atoms with E-state index < -0.39 is 27.0 Å². The van der Waals surface area contributed by atoms with Gasteiger partial charge < -0.3 is 9.30 Å². The molecular formula is C23H22N2O5S2. The number of terminal acetylenes is 1. The zero-order chi connectivity index (χ0) is 23.5. The average Bonchev–Trinajstić information content (AvgIpc) is 3.10. The number of benzene rings is 2. The van der Waals surface area contributed by atoms with Gasteiger partial charge in [-0.05, 0) is 63.2 Å². The molecule has 0 aliphatic carbocycles. The first kappa shape index (κ1) is 23.4. The standard InChI is InChI=1S/C23H22N2O5S2/c1-5-13-25-19-12-9-17(22(27)30-6-2)14-20(19)31-23(25)24-21(26)16-7-10-18(11-8-16)32(28,29)15(3)4/h1,7-12,14-15H,6,13H2,2-4H3. The second-order valence-electron chi connectivity index (χ2n) is 7.11. The predicted octanol–water partition coefficient (Wildman–Crippen LogP) is 3.44. The van der Waals surface area contributed by atoms with E-state index in [1.807, 2.05) is 0 Å². The van der Waals surface area contributed by atoms with Crippen LogP contribution >= 0.6 is 11.3 Å². The van der Waals surface area contributed by atoms with E-state index in [0.717, 1.165) is 10.2 Å². The Morgan fingerprint density at radius 3 is 2.41 bits per heavy atom. The molecule has 166 valence electrons. The minimum Gasteiger partial charge on any atom is -0.462 e. The van der Waals surface area contributed by atoms with Gasteiger partial charge in [0.15, 0.2) is 14.6 Å². The van der Waals surface area contributed by atoms with E-state index in [1.165, 1.54) is 35.6 Å². The molecule has 0 spiro atoms. The summed E-state index contributed by atoms with van der Waals surface area (Å²) in [5.74, 6) is 1.59. The van der Waals surface area contributed by atoms with Crippen LogP contribution in [0, 0.1) is 12.3 Å². The second kappa shape index (κ2) is 9.51. The molecule has 0 unspecified atom stereocenters. The number of hydrogen-bond acceptors (Lipinski definition) is 6. The number of thiazole rings is 1. The predicted molar refractivity (Wildman–Crippen MR) is 123 cm³/mol. The van der Waals surface area contributed by atoms with Gasteiger partial charge in [0.2, 0.25) is 0 Å². The zero-order valence-electron chi connectivity index (χ0n) is 17.9. The zero-order valence-corrected chi connectivity index (χ0v) is 19.5. The summed E-state index contributed by atoms with van der Waals surface area (Å²) in [6, 6.07) is 10.8. The molecule has 9 heteroatoms. The Kier molecular flexibility index (Phi) is 6.96. The normalized spacial score (nSPS) is 12.2. The summed E-state index contributed by atoms with van der Waals surface area (Å²) in [7, 11) is -3.43. The average molecular weight is 471 g/mol. The summed E-state index contributed by atoms with van der Waals surface area (Å²) in [5.41, 5.74) is 1.39. The first-order chi connectivity index (χ1) is 15.2. The fourth-order valence-electron chi connectivity index (χ4n) is 2.95. The molecule has 32 heavy (non-hydrogen) atoms. The first-order valence-electron chi connectivity index (χ1n) is 9.86. The molecule has 0 N–H and O–H groups in total. The van der Waals surface area contributed by atoms with Crippen LogP contribution in [0.5, 0.6) is 0 Å². The fraction of sp³-hybridized carbons (Fsp3) is 0.261. The Morgan fingerprint density at radius 1 is 1.16 bits per heavy atom. The maximum absolute atomic E-state index is 12.8. The van der Waals surface area contributed by atoms with Gasteiger partial charge in [-0.15, -0.1) is 6.42 Å². The van der Waals surface area contributed by atoms with E-state index in [0.29, 0.717) is 10.4 Å². The van der Waals surface area contributed by atoms with Crippen molar-refractivity contribution in [3.05, 3.63) is 58.4 Å². The molecule has 1 amide bonds. The Bertz CT molecular complexity index is 1390. The minimum absolute atomic E-state index is 0.153. The third-order valence-electron chi connectivity index (χ3n) is 4.69. The highest BCUT2D eigenvalue weighted by Crippen LogP contribution is 2.21. The topological polar surface area (TPSA) is 94.8 Å². The first-order valence-corrected chi connectivity index (χ1v) is 12.2. The smallest absolute Gasteiger partial charge is 0.338 e. The maximum atomic E-state index is 12.8.